The predicted octanol–water partition coefficient (Wildman–Crippen LogP) is 4.40. The number of hydrogen-bond donors (Lipinski definition) is 1. The molecule has 2 N–H and O–H groups in total. The fraction of sp³-hybridized carbons (Fsp3) is 0.435. The number of carbonyl (C=O) groups excluding carboxylic acids is 1. The van der Waals surface area contributed by atoms with Crippen molar-refractivity contribution in [1.82, 2.24) is 9.22 Å². The van der Waals surface area contributed by atoms with Crippen LogP contribution in [0.25, 0.3) is 22.3 Å². The van der Waals surface area contributed by atoms with Crippen LogP contribution in [0.1, 0.15) is 56.5 Å². The predicted molar refractivity (Wildman–Crippen MR) is 122 cm³/mol. The highest BCUT2D eigenvalue weighted by Crippen LogP contribution is 2.46. The van der Waals surface area contributed by atoms with Crippen LogP contribution in [0.15, 0.2) is 30.5 Å². The minimum atomic E-state index is -1.89. The number of methoxy groups -OCH3 is 1. The highest BCUT2D eigenvalue weighted by molar-refractivity contribution is 6.82. The Kier molecular flexibility index (Phi) is 4.76. The minimum Gasteiger partial charge on any atom is -0.464 e. The number of hydrogen-bond acceptors (Lipinski definition) is 4. The fourth-order valence-corrected chi connectivity index (χ4v) is 12.4. The van der Waals surface area contributed by atoms with E-state index in [1.54, 1.807) is 6.07 Å². The van der Waals surface area contributed by atoms with Crippen LogP contribution in [-0.4, -0.2) is 30.5 Å². The maximum Gasteiger partial charge on any atom is 0.358 e. The summed E-state index contributed by atoms with van der Waals surface area (Å²) in [5.41, 5.74) is 12.4. The van der Waals surface area contributed by atoms with Gasteiger partial charge in [-0.1, -0.05) is 27.7 Å². The molecule has 158 valence electrons. The molecule has 4 heterocycles. The topological polar surface area (TPSA) is 74.0 Å². The molecule has 0 fully saturated rings. The van der Waals surface area contributed by atoms with Crippen LogP contribution in [0.4, 0.5) is 5.69 Å². The third kappa shape index (κ3) is 2.57. The average Bonchev–Trinajstić information content (AvgIpc) is 3.17. The number of ether oxygens (including phenoxy) is 1. The number of carbonyl (C=O) groups is 1. The van der Waals surface area contributed by atoms with Crippen LogP contribution in [0, 0.1) is 6.92 Å². The molecule has 1 unspecified atom stereocenters. The van der Waals surface area contributed by atoms with Gasteiger partial charge in [0.05, 0.1) is 29.6 Å². The summed E-state index contributed by atoms with van der Waals surface area (Å²) in [5, 5.41) is 1.21. The van der Waals surface area contributed by atoms with Crippen molar-refractivity contribution >= 4 is 30.9 Å². The molecule has 0 spiro atoms. The molecule has 0 aromatic carbocycles. The Bertz CT molecular complexity index is 1160. The van der Waals surface area contributed by atoms with E-state index >= 15 is 0 Å². The number of aryl methyl sites for hydroxylation is 1. The number of nitrogen functional groups attached to an aromatic ring is 1. The summed E-state index contributed by atoms with van der Waals surface area (Å²) in [7, 11) is -0.548. The molecule has 0 radical (unpaired) electrons. The zero-order valence-corrected chi connectivity index (χ0v) is 19.9. The van der Waals surface area contributed by atoms with Crippen LogP contribution in [0.2, 0.25) is 11.1 Å². The fourth-order valence-electron chi connectivity index (χ4n) is 5.81. The Morgan fingerprint density at radius 2 is 1.90 bits per heavy atom. The number of rotatable bonds is 4. The molecule has 7 heteroatoms. The molecule has 0 aliphatic carbocycles. The smallest absolute Gasteiger partial charge is 0.358 e. The van der Waals surface area contributed by atoms with Crippen molar-refractivity contribution in [2.45, 2.75) is 58.3 Å². The monoisotopic (exact) mass is 423 g/mol. The van der Waals surface area contributed by atoms with Crippen molar-refractivity contribution in [3.8, 4) is 11.3 Å². The number of aromatic nitrogens is 3. The molecule has 1 atom stereocenters. The van der Waals surface area contributed by atoms with Crippen LogP contribution < -0.4 is 10.3 Å². The molecule has 0 bridgehead atoms. The number of nitrogens with zero attached hydrogens (tertiary/aromatic N) is 3. The molecule has 0 saturated carbocycles. The summed E-state index contributed by atoms with van der Waals surface area (Å²) in [6, 6.07) is 8.05. The summed E-state index contributed by atoms with van der Waals surface area (Å²) in [6.45, 7) is 14.1. The van der Waals surface area contributed by atoms with Gasteiger partial charge in [0.1, 0.15) is 11.9 Å². The Morgan fingerprint density at radius 3 is 2.50 bits per heavy atom. The average molecular weight is 424 g/mol. The summed E-state index contributed by atoms with van der Waals surface area (Å²) in [6.07, 6.45) is 2.20. The molecule has 3 aromatic rings. The standard InChI is InChI=1S/C23H30N4O2Si/c1-13(2)30(14(3)4)16(6)26-12-18(11-17-10-15(5)27(30)22(17)26)20-9-8-19(24)21(25-20)23(28)29-7/h8-14,16H,1-7H3,(H-,24,28)/p+1. The van der Waals surface area contributed by atoms with Gasteiger partial charge in [0.25, 0.3) is 5.65 Å². The van der Waals surface area contributed by atoms with Crippen molar-refractivity contribution in [3.05, 3.63) is 41.9 Å². The molecule has 3 aromatic heterocycles. The van der Waals surface area contributed by atoms with E-state index in [1.165, 1.54) is 23.8 Å². The first-order valence-electron chi connectivity index (χ1n) is 10.6. The summed E-state index contributed by atoms with van der Waals surface area (Å²) >= 11 is 0. The van der Waals surface area contributed by atoms with Gasteiger partial charge in [0.15, 0.2) is 5.69 Å². The van der Waals surface area contributed by atoms with E-state index in [0.29, 0.717) is 22.4 Å². The van der Waals surface area contributed by atoms with Crippen LogP contribution in [0.3, 0.4) is 0 Å². The lowest BCUT2D eigenvalue weighted by Gasteiger charge is -2.34. The van der Waals surface area contributed by atoms with Crippen molar-refractivity contribution in [2.75, 3.05) is 12.8 Å². The van der Waals surface area contributed by atoms with Crippen molar-refractivity contribution < 1.29 is 14.1 Å². The van der Waals surface area contributed by atoms with Gasteiger partial charge in [-0.25, -0.2) is 14.3 Å². The molecule has 30 heavy (non-hydrogen) atoms. The first-order chi connectivity index (χ1) is 14.1. The van der Waals surface area contributed by atoms with Gasteiger partial charge in [-0.2, -0.15) is 0 Å². The molecule has 4 rings (SSSR count). The minimum absolute atomic E-state index is 0.159. The number of anilines is 1. The SMILES string of the molecule is COC(=O)c1nc(-c2cc3cc(C)n4c3[n+](c2)C(C)[Si]4(C(C)C)C(C)C)ccc1N. The van der Waals surface area contributed by atoms with E-state index in [-0.39, 0.29) is 5.69 Å². The quantitative estimate of drug-likeness (QED) is 0.384. The summed E-state index contributed by atoms with van der Waals surface area (Å²) in [5.74, 6) is -0.519. The van der Waals surface area contributed by atoms with Gasteiger partial charge in [0.2, 0.25) is 0 Å². The lowest BCUT2D eigenvalue weighted by atomic mass is 10.1. The molecular formula is C23H31N4O2Si+. The van der Waals surface area contributed by atoms with Gasteiger partial charge < -0.3 is 10.5 Å². The van der Waals surface area contributed by atoms with Crippen molar-refractivity contribution in [3.63, 3.8) is 0 Å². The zero-order valence-electron chi connectivity index (χ0n) is 18.9. The third-order valence-electron chi connectivity index (χ3n) is 6.95. The number of nitrogens with two attached hydrogens (primary N) is 1. The Hall–Kier alpha value is -2.67. The molecule has 0 amide bonds. The van der Waals surface area contributed by atoms with Crippen molar-refractivity contribution in [2.24, 2.45) is 0 Å². The zero-order chi connectivity index (χ0) is 22.0. The Labute approximate surface area is 178 Å². The van der Waals surface area contributed by atoms with Gasteiger partial charge in [-0.15, -0.1) is 0 Å². The van der Waals surface area contributed by atoms with Gasteiger partial charge >= 0.3 is 14.2 Å². The second-order valence-electron chi connectivity index (χ2n) is 9.03. The lowest BCUT2D eigenvalue weighted by molar-refractivity contribution is -0.673. The highest BCUT2D eigenvalue weighted by Gasteiger charge is 2.61. The van der Waals surface area contributed by atoms with E-state index in [0.717, 1.165) is 11.3 Å². The van der Waals surface area contributed by atoms with E-state index in [9.17, 15) is 4.79 Å². The van der Waals surface area contributed by atoms with Crippen LogP contribution in [0.5, 0.6) is 0 Å². The first-order valence-corrected chi connectivity index (χ1v) is 12.7. The van der Waals surface area contributed by atoms with E-state index in [4.69, 9.17) is 10.5 Å². The molecule has 0 saturated heterocycles. The highest BCUT2D eigenvalue weighted by atomic mass is 28.3. The Balaban J connectivity index is 1.96. The van der Waals surface area contributed by atoms with E-state index in [1.807, 2.05) is 6.07 Å². The number of pyridine rings is 2. The van der Waals surface area contributed by atoms with Crippen LogP contribution in [-0.2, 0) is 4.74 Å². The Morgan fingerprint density at radius 1 is 1.23 bits per heavy atom. The first kappa shape index (κ1) is 20.6. The van der Waals surface area contributed by atoms with Crippen molar-refractivity contribution in [1.29, 1.82) is 0 Å². The molecular weight excluding hydrogens is 392 g/mol. The normalized spacial score (nSPS) is 17.3. The van der Waals surface area contributed by atoms with Gasteiger partial charge in [-0.05, 0) is 49.2 Å². The van der Waals surface area contributed by atoms with Gasteiger partial charge in [-0.3, -0.25) is 4.23 Å². The summed E-state index contributed by atoms with van der Waals surface area (Å²) in [4.78, 5) is 16.6. The van der Waals surface area contributed by atoms with E-state index < -0.39 is 14.2 Å². The maximum absolute atomic E-state index is 12.1. The molecule has 6 nitrogen and oxygen atoms in total. The lowest BCUT2D eigenvalue weighted by Crippen LogP contribution is -2.57. The van der Waals surface area contributed by atoms with E-state index in [2.05, 4.69) is 73.7 Å². The summed E-state index contributed by atoms with van der Waals surface area (Å²) < 4.78 is 9.97. The molecule has 1 aliphatic heterocycles. The maximum atomic E-state index is 12.1. The second kappa shape index (κ2) is 6.94. The van der Waals surface area contributed by atoms with Crippen LogP contribution >= 0.6 is 0 Å². The number of esters is 1. The largest absolute Gasteiger partial charge is 0.464 e. The molecule has 1 aliphatic rings. The van der Waals surface area contributed by atoms with Gasteiger partial charge in [0, 0.05) is 5.56 Å². The third-order valence-corrected chi connectivity index (χ3v) is 13.6. The second-order valence-corrected chi connectivity index (χ2v) is 14.4.